The Bertz CT molecular complexity index is 622. The van der Waals surface area contributed by atoms with Crippen LogP contribution in [-0.2, 0) is 24.3 Å². The maximum absolute atomic E-state index is 10.9. The van der Waals surface area contributed by atoms with Crippen molar-refractivity contribution in [2.45, 2.75) is 26.4 Å². The Labute approximate surface area is 125 Å². The topological polar surface area (TPSA) is 40.5 Å². The van der Waals surface area contributed by atoms with Crippen molar-refractivity contribution in [3.63, 3.8) is 0 Å². The fourth-order valence-electron chi connectivity index (χ4n) is 2.47. The quantitative estimate of drug-likeness (QED) is 0.884. The maximum Gasteiger partial charge on any atom is 0.307 e. The Morgan fingerprint density at radius 3 is 2.10 bits per heavy atom. The van der Waals surface area contributed by atoms with Crippen LogP contribution in [0, 0.1) is 6.92 Å². The van der Waals surface area contributed by atoms with Gasteiger partial charge in [-0.25, -0.2) is 0 Å². The van der Waals surface area contributed by atoms with Crippen LogP contribution in [0.25, 0.3) is 0 Å². The monoisotopic (exact) mass is 283 g/mol. The summed E-state index contributed by atoms with van der Waals surface area (Å²) >= 11 is 0. The van der Waals surface area contributed by atoms with Gasteiger partial charge in [0.2, 0.25) is 0 Å². The van der Waals surface area contributed by atoms with Crippen molar-refractivity contribution < 1.29 is 9.90 Å². The van der Waals surface area contributed by atoms with E-state index in [1.54, 1.807) is 0 Å². The molecule has 0 amide bonds. The molecule has 3 heteroatoms. The van der Waals surface area contributed by atoms with E-state index < -0.39 is 5.97 Å². The summed E-state index contributed by atoms with van der Waals surface area (Å²) in [5, 5.41) is 8.98. The highest BCUT2D eigenvalue weighted by molar-refractivity contribution is 5.70. The molecule has 0 unspecified atom stereocenters. The van der Waals surface area contributed by atoms with Gasteiger partial charge >= 0.3 is 5.97 Å². The van der Waals surface area contributed by atoms with E-state index in [1.165, 1.54) is 11.1 Å². The molecule has 0 radical (unpaired) electrons. The number of aliphatic carboxylic acids is 1. The fourth-order valence-corrected chi connectivity index (χ4v) is 2.47. The van der Waals surface area contributed by atoms with Gasteiger partial charge in [0.15, 0.2) is 0 Å². The van der Waals surface area contributed by atoms with Gasteiger partial charge in [-0.3, -0.25) is 9.69 Å². The van der Waals surface area contributed by atoms with Crippen LogP contribution in [0.3, 0.4) is 0 Å². The van der Waals surface area contributed by atoms with Crippen LogP contribution in [0.1, 0.15) is 22.3 Å². The molecular formula is C18H21NO2. The summed E-state index contributed by atoms with van der Waals surface area (Å²) in [5.74, 6) is -0.788. The van der Waals surface area contributed by atoms with Gasteiger partial charge in [-0.1, -0.05) is 48.5 Å². The van der Waals surface area contributed by atoms with E-state index in [2.05, 4.69) is 37.1 Å². The van der Waals surface area contributed by atoms with Gasteiger partial charge in [-0.2, -0.15) is 0 Å². The SMILES string of the molecule is Cc1ccccc1CN(C)Cc1ccccc1CC(=O)O. The van der Waals surface area contributed by atoms with Gasteiger partial charge in [0.1, 0.15) is 0 Å². The van der Waals surface area contributed by atoms with E-state index >= 15 is 0 Å². The first-order valence-electron chi connectivity index (χ1n) is 7.08. The van der Waals surface area contributed by atoms with Gasteiger partial charge < -0.3 is 5.11 Å². The first-order valence-corrected chi connectivity index (χ1v) is 7.08. The minimum absolute atomic E-state index is 0.0778. The highest BCUT2D eigenvalue weighted by atomic mass is 16.4. The number of hydrogen-bond donors (Lipinski definition) is 1. The highest BCUT2D eigenvalue weighted by Gasteiger charge is 2.09. The predicted molar refractivity (Wildman–Crippen MR) is 84.1 cm³/mol. The minimum Gasteiger partial charge on any atom is -0.481 e. The zero-order valence-electron chi connectivity index (χ0n) is 12.5. The molecule has 0 aliphatic heterocycles. The van der Waals surface area contributed by atoms with E-state index in [1.807, 2.05) is 30.3 Å². The second-order valence-corrected chi connectivity index (χ2v) is 5.44. The first-order chi connectivity index (χ1) is 10.1. The average Bonchev–Trinajstić information content (AvgIpc) is 2.43. The molecule has 0 saturated heterocycles. The minimum atomic E-state index is -0.788. The molecule has 3 nitrogen and oxygen atoms in total. The largest absolute Gasteiger partial charge is 0.481 e. The molecule has 0 aliphatic rings. The third kappa shape index (κ3) is 4.43. The van der Waals surface area contributed by atoms with Crippen LogP contribution >= 0.6 is 0 Å². The first kappa shape index (κ1) is 15.3. The average molecular weight is 283 g/mol. The Kier molecular flexibility index (Phi) is 5.12. The fraction of sp³-hybridized carbons (Fsp3) is 0.278. The molecule has 2 rings (SSSR count). The summed E-state index contributed by atoms with van der Waals surface area (Å²) in [7, 11) is 2.06. The smallest absolute Gasteiger partial charge is 0.307 e. The highest BCUT2D eigenvalue weighted by Crippen LogP contribution is 2.15. The molecule has 21 heavy (non-hydrogen) atoms. The van der Waals surface area contributed by atoms with Crippen molar-refractivity contribution in [2.75, 3.05) is 7.05 Å². The van der Waals surface area contributed by atoms with Crippen molar-refractivity contribution >= 4 is 5.97 Å². The van der Waals surface area contributed by atoms with Crippen LogP contribution in [-0.4, -0.2) is 23.0 Å². The lowest BCUT2D eigenvalue weighted by molar-refractivity contribution is -0.136. The third-order valence-corrected chi connectivity index (χ3v) is 3.60. The molecule has 2 aromatic carbocycles. The van der Waals surface area contributed by atoms with Crippen LogP contribution in [0.5, 0.6) is 0 Å². The Hall–Kier alpha value is -2.13. The summed E-state index contributed by atoms with van der Waals surface area (Å²) < 4.78 is 0. The van der Waals surface area contributed by atoms with E-state index in [0.29, 0.717) is 0 Å². The number of carbonyl (C=O) groups is 1. The third-order valence-electron chi connectivity index (χ3n) is 3.60. The lowest BCUT2D eigenvalue weighted by atomic mass is 10.0. The molecule has 0 fully saturated rings. The van der Waals surface area contributed by atoms with Crippen molar-refractivity contribution in [1.29, 1.82) is 0 Å². The van der Waals surface area contributed by atoms with Crippen molar-refractivity contribution in [3.8, 4) is 0 Å². The number of hydrogen-bond acceptors (Lipinski definition) is 2. The maximum atomic E-state index is 10.9. The van der Waals surface area contributed by atoms with E-state index in [-0.39, 0.29) is 6.42 Å². The molecule has 0 aromatic heterocycles. The lowest BCUT2D eigenvalue weighted by Crippen LogP contribution is -2.19. The molecule has 0 atom stereocenters. The molecule has 0 saturated carbocycles. The number of rotatable bonds is 6. The number of benzene rings is 2. The molecular weight excluding hydrogens is 262 g/mol. The lowest BCUT2D eigenvalue weighted by Gasteiger charge is -2.19. The Morgan fingerprint density at radius 2 is 1.48 bits per heavy atom. The molecule has 0 aliphatic carbocycles. The van der Waals surface area contributed by atoms with Crippen LogP contribution in [0.15, 0.2) is 48.5 Å². The molecule has 1 N–H and O–H groups in total. The normalized spacial score (nSPS) is 10.8. The van der Waals surface area contributed by atoms with Gasteiger partial charge in [0, 0.05) is 13.1 Å². The van der Waals surface area contributed by atoms with Gasteiger partial charge in [0.05, 0.1) is 6.42 Å². The second-order valence-electron chi connectivity index (χ2n) is 5.44. The number of nitrogens with zero attached hydrogens (tertiary/aromatic N) is 1. The summed E-state index contributed by atoms with van der Waals surface area (Å²) in [6, 6.07) is 16.1. The van der Waals surface area contributed by atoms with Crippen molar-refractivity contribution in [1.82, 2.24) is 4.90 Å². The molecule has 0 bridgehead atoms. The van der Waals surface area contributed by atoms with E-state index in [9.17, 15) is 4.79 Å². The predicted octanol–water partition coefficient (Wildman–Crippen LogP) is 3.25. The number of carboxylic acid groups (broad SMARTS) is 1. The Balaban J connectivity index is 2.08. The van der Waals surface area contributed by atoms with Crippen LogP contribution in [0.4, 0.5) is 0 Å². The Morgan fingerprint density at radius 1 is 0.952 bits per heavy atom. The summed E-state index contributed by atoms with van der Waals surface area (Å²) in [5.41, 5.74) is 4.55. The van der Waals surface area contributed by atoms with Gasteiger partial charge in [-0.05, 0) is 36.2 Å². The summed E-state index contributed by atoms with van der Waals surface area (Å²) in [4.78, 5) is 13.1. The zero-order valence-corrected chi connectivity index (χ0v) is 12.5. The number of aryl methyl sites for hydroxylation is 1. The molecule has 110 valence electrons. The van der Waals surface area contributed by atoms with Gasteiger partial charge in [0.25, 0.3) is 0 Å². The second kappa shape index (κ2) is 7.04. The van der Waals surface area contributed by atoms with E-state index in [0.717, 1.165) is 24.2 Å². The standard InChI is InChI=1S/C18H21NO2/c1-14-7-3-4-9-16(14)12-19(2)13-17-10-6-5-8-15(17)11-18(20)21/h3-10H,11-13H2,1-2H3,(H,20,21). The zero-order chi connectivity index (χ0) is 15.2. The van der Waals surface area contributed by atoms with Crippen molar-refractivity contribution in [2.24, 2.45) is 0 Å². The van der Waals surface area contributed by atoms with Gasteiger partial charge in [-0.15, -0.1) is 0 Å². The molecule has 2 aromatic rings. The molecule has 0 heterocycles. The van der Waals surface area contributed by atoms with Crippen LogP contribution < -0.4 is 0 Å². The number of carboxylic acids is 1. The summed E-state index contributed by atoms with van der Waals surface area (Å²) in [6.45, 7) is 3.72. The van der Waals surface area contributed by atoms with E-state index in [4.69, 9.17) is 5.11 Å². The molecule has 0 spiro atoms. The summed E-state index contributed by atoms with van der Waals surface area (Å²) in [6.07, 6.45) is 0.0778. The van der Waals surface area contributed by atoms with Crippen LogP contribution in [0.2, 0.25) is 0 Å². The van der Waals surface area contributed by atoms with Crippen molar-refractivity contribution in [3.05, 3.63) is 70.8 Å².